The quantitative estimate of drug-likeness (QED) is 0.798. The van der Waals surface area contributed by atoms with Crippen molar-refractivity contribution >= 4 is 15.8 Å². The van der Waals surface area contributed by atoms with Crippen LogP contribution < -0.4 is 0 Å². The first kappa shape index (κ1) is 14.8. The van der Waals surface area contributed by atoms with Crippen molar-refractivity contribution in [3.63, 3.8) is 0 Å². The van der Waals surface area contributed by atoms with Crippen LogP contribution in [0.1, 0.15) is 12.8 Å². The van der Waals surface area contributed by atoms with E-state index in [9.17, 15) is 13.2 Å². The first-order valence-corrected chi connectivity index (χ1v) is 7.99. The zero-order chi connectivity index (χ0) is 14.6. The van der Waals surface area contributed by atoms with Gasteiger partial charge in [0.05, 0.1) is 12.0 Å². The van der Waals surface area contributed by atoms with E-state index < -0.39 is 21.1 Å². The minimum Gasteiger partial charge on any atom is -0.468 e. The highest BCUT2D eigenvalue weighted by Gasteiger charge is 2.41. The third-order valence-electron chi connectivity index (χ3n) is 3.39. The molecule has 2 rings (SSSR count). The van der Waals surface area contributed by atoms with Crippen LogP contribution in [0.25, 0.3) is 0 Å². The number of methoxy groups -OCH3 is 1. The molecule has 1 aliphatic rings. The van der Waals surface area contributed by atoms with Crippen LogP contribution in [0.15, 0.2) is 47.4 Å². The summed E-state index contributed by atoms with van der Waals surface area (Å²) >= 11 is 0. The van der Waals surface area contributed by atoms with E-state index in [4.69, 9.17) is 4.74 Å². The van der Waals surface area contributed by atoms with E-state index >= 15 is 0 Å². The van der Waals surface area contributed by atoms with Gasteiger partial charge in [0.1, 0.15) is 0 Å². The second-order valence-electron chi connectivity index (χ2n) is 4.66. The van der Waals surface area contributed by atoms with Crippen LogP contribution in [0.4, 0.5) is 0 Å². The third kappa shape index (κ3) is 2.93. The Balaban J connectivity index is 2.41. The molecule has 0 saturated heterocycles. The zero-order valence-corrected chi connectivity index (χ0v) is 12.0. The molecule has 0 heterocycles. The molecule has 1 radical (unpaired) electrons. The van der Waals surface area contributed by atoms with Crippen molar-refractivity contribution in [2.45, 2.75) is 23.0 Å². The van der Waals surface area contributed by atoms with Crippen LogP contribution in [0, 0.1) is 12.3 Å². The highest BCUT2D eigenvalue weighted by molar-refractivity contribution is 7.92. The topological polar surface area (TPSA) is 60.4 Å². The second-order valence-corrected chi connectivity index (χ2v) is 6.73. The number of hydrogen-bond acceptors (Lipinski definition) is 4. The Kier molecular flexibility index (Phi) is 4.60. The van der Waals surface area contributed by atoms with Crippen molar-refractivity contribution in [3.05, 3.63) is 48.9 Å². The van der Waals surface area contributed by atoms with E-state index in [0.717, 1.165) is 6.42 Å². The van der Waals surface area contributed by atoms with Crippen molar-refractivity contribution in [1.29, 1.82) is 0 Å². The number of benzene rings is 1. The van der Waals surface area contributed by atoms with Crippen molar-refractivity contribution in [1.82, 2.24) is 0 Å². The fraction of sp³-hybridized carbons (Fsp3) is 0.333. The normalized spacial score (nSPS) is 20.4. The Morgan fingerprint density at radius 1 is 1.30 bits per heavy atom. The first-order valence-electron chi connectivity index (χ1n) is 6.44. The van der Waals surface area contributed by atoms with Gasteiger partial charge in [0.2, 0.25) is 0 Å². The summed E-state index contributed by atoms with van der Waals surface area (Å²) in [5, 5.41) is -1.18. The molecule has 1 aromatic rings. The van der Waals surface area contributed by atoms with Crippen LogP contribution in [-0.2, 0) is 19.4 Å². The first-order chi connectivity index (χ1) is 9.57. The molecule has 0 aromatic heterocycles. The summed E-state index contributed by atoms with van der Waals surface area (Å²) in [5.41, 5.74) is 0. The summed E-state index contributed by atoms with van der Waals surface area (Å²) in [6.07, 6.45) is 6.93. The van der Waals surface area contributed by atoms with Crippen LogP contribution >= 0.6 is 0 Å². The second kappa shape index (κ2) is 6.22. The maximum Gasteiger partial charge on any atom is 0.324 e. The predicted octanol–water partition coefficient (Wildman–Crippen LogP) is 2.17. The van der Waals surface area contributed by atoms with Gasteiger partial charge in [-0.05, 0) is 37.3 Å². The smallest absolute Gasteiger partial charge is 0.324 e. The summed E-state index contributed by atoms with van der Waals surface area (Å²) < 4.78 is 30.1. The molecular weight excluding hydrogens is 276 g/mol. The summed E-state index contributed by atoms with van der Waals surface area (Å²) in [6, 6.07) is 8.03. The van der Waals surface area contributed by atoms with Crippen LogP contribution in [0.5, 0.6) is 0 Å². The van der Waals surface area contributed by atoms with Gasteiger partial charge < -0.3 is 4.74 Å². The molecule has 0 fully saturated rings. The molecule has 4 nitrogen and oxygen atoms in total. The maximum atomic E-state index is 12.7. The SMILES string of the molecule is COC(=O)C(C1[CH]C=CCC1)S(=O)(=O)c1ccccc1. The van der Waals surface area contributed by atoms with Gasteiger partial charge in [-0.25, -0.2) is 8.42 Å². The van der Waals surface area contributed by atoms with Gasteiger partial charge in [-0.1, -0.05) is 30.4 Å². The number of carbonyl (C=O) groups is 1. The van der Waals surface area contributed by atoms with Crippen molar-refractivity contribution < 1.29 is 17.9 Å². The third-order valence-corrected chi connectivity index (χ3v) is 5.53. The molecule has 0 spiro atoms. The number of esters is 1. The highest BCUT2D eigenvalue weighted by Crippen LogP contribution is 2.30. The lowest BCUT2D eigenvalue weighted by Gasteiger charge is -2.25. The molecule has 2 atom stereocenters. The largest absolute Gasteiger partial charge is 0.468 e. The molecule has 107 valence electrons. The zero-order valence-electron chi connectivity index (χ0n) is 11.2. The number of rotatable bonds is 4. The van der Waals surface area contributed by atoms with Gasteiger partial charge in [-0.3, -0.25) is 4.79 Å². The number of carbonyl (C=O) groups excluding carboxylic acids is 1. The van der Waals surface area contributed by atoms with Crippen LogP contribution in [0.3, 0.4) is 0 Å². The molecule has 0 amide bonds. The predicted molar refractivity (Wildman–Crippen MR) is 75.6 cm³/mol. The Bertz CT molecular complexity index is 590. The number of hydrogen-bond donors (Lipinski definition) is 0. The molecule has 0 N–H and O–H groups in total. The lowest BCUT2D eigenvalue weighted by atomic mass is 9.91. The van der Waals surface area contributed by atoms with Crippen molar-refractivity contribution in [3.8, 4) is 0 Å². The standard InChI is InChI=1S/C15H17O4S/c1-19-15(16)14(12-8-4-2-5-9-12)20(17,18)13-10-6-3-7-11-13/h2-4,6-8,10-12,14H,5,9H2,1H3. The Morgan fingerprint density at radius 3 is 2.55 bits per heavy atom. The highest BCUT2D eigenvalue weighted by atomic mass is 32.2. The molecule has 0 aliphatic heterocycles. The Labute approximate surface area is 119 Å². The fourth-order valence-corrected chi connectivity index (χ4v) is 4.23. The van der Waals surface area contributed by atoms with E-state index in [1.54, 1.807) is 24.6 Å². The summed E-state index contributed by atoms with van der Waals surface area (Å²) in [7, 11) is -2.53. The summed E-state index contributed by atoms with van der Waals surface area (Å²) in [4.78, 5) is 12.1. The molecule has 0 saturated carbocycles. The van der Waals surface area contributed by atoms with Gasteiger partial charge in [0.25, 0.3) is 0 Å². The lowest BCUT2D eigenvalue weighted by Crippen LogP contribution is -2.39. The average molecular weight is 293 g/mol. The Morgan fingerprint density at radius 2 is 2.00 bits per heavy atom. The van der Waals surface area contributed by atoms with E-state index in [-0.39, 0.29) is 10.8 Å². The van der Waals surface area contributed by atoms with Gasteiger partial charge in [-0.15, -0.1) is 0 Å². The van der Waals surface area contributed by atoms with Gasteiger partial charge in [0.15, 0.2) is 15.1 Å². The van der Waals surface area contributed by atoms with E-state index in [0.29, 0.717) is 6.42 Å². The van der Waals surface area contributed by atoms with Gasteiger partial charge in [0, 0.05) is 0 Å². The summed E-state index contributed by atoms with van der Waals surface area (Å²) in [5.74, 6) is -1.05. The van der Waals surface area contributed by atoms with E-state index in [1.165, 1.54) is 19.2 Å². The van der Waals surface area contributed by atoms with Gasteiger partial charge >= 0.3 is 5.97 Å². The molecular formula is C15H17O4S. The average Bonchev–Trinajstić information content (AvgIpc) is 2.49. The Hall–Kier alpha value is -1.62. The minimum atomic E-state index is -3.75. The minimum absolute atomic E-state index is 0.151. The maximum absolute atomic E-state index is 12.7. The van der Waals surface area contributed by atoms with Crippen molar-refractivity contribution in [2.75, 3.05) is 7.11 Å². The fourth-order valence-electron chi connectivity index (χ4n) is 2.36. The van der Waals surface area contributed by atoms with Gasteiger partial charge in [-0.2, -0.15) is 0 Å². The number of allylic oxidation sites excluding steroid dienone is 2. The summed E-state index contributed by atoms with van der Waals surface area (Å²) in [6.45, 7) is 0. The van der Waals surface area contributed by atoms with Crippen molar-refractivity contribution in [2.24, 2.45) is 5.92 Å². The van der Waals surface area contributed by atoms with E-state index in [2.05, 4.69) is 0 Å². The monoisotopic (exact) mass is 293 g/mol. The van der Waals surface area contributed by atoms with Crippen LogP contribution in [0.2, 0.25) is 0 Å². The molecule has 1 aromatic carbocycles. The molecule has 0 bridgehead atoms. The number of ether oxygens (including phenoxy) is 1. The van der Waals surface area contributed by atoms with E-state index in [1.807, 2.05) is 12.2 Å². The lowest BCUT2D eigenvalue weighted by molar-refractivity contribution is -0.141. The molecule has 1 aliphatic carbocycles. The molecule has 5 heteroatoms. The molecule has 20 heavy (non-hydrogen) atoms. The number of sulfone groups is 1. The van der Waals surface area contributed by atoms with Crippen LogP contribution in [-0.4, -0.2) is 26.7 Å². The molecule has 2 unspecified atom stereocenters.